The van der Waals surface area contributed by atoms with Gasteiger partial charge in [0.15, 0.2) is 6.61 Å². The average molecular weight is 308 g/mol. The van der Waals surface area contributed by atoms with E-state index in [1.165, 1.54) is 19.5 Å². The minimum Gasteiger partial charge on any atom is -0.494 e. The minimum atomic E-state index is -0.335. The molecular formula is C14H14ClN3O3. The molecule has 0 radical (unpaired) electrons. The van der Waals surface area contributed by atoms with E-state index in [0.717, 1.165) is 0 Å². The second-order valence-corrected chi connectivity index (χ2v) is 4.57. The molecule has 0 aliphatic carbocycles. The smallest absolute Gasteiger partial charge is 0.262 e. The van der Waals surface area contributed by atoms with E-state index in [4.69, 9.17) is 26.8 Å². The van der Waals surface area contributed by atoms with Gasteiger partial charge in [0.1, 0.15) is 11.5 Å². The molecule has 1 aromatic carbocycles. The zero-order chi connectivity index (χ0) is 15.2. The summed E-state index contributed by atoms with van der Waals surface area (Å²) in [6.07, 6.45) is 2.96. The van der Waals surface area contributed by atoms with Gasteiger partial charge in [-0.2, -0.15) is 0 Å². The summed E-state index contributed by atoms with van der Waals surface area (Å²) >= 11 is 5.77. The van der Waals surface area contributed by atoms with Crippen molar-refractivity contribution in [3.63, 3.8) is 0 Å². The first-order chi connectivity index (χ1) is 10.1. The van der Waals surface area contributed by atoms with Crippen LogP contribution in [0, 0.1) is 0 Å². The number of nitrogen functional groups attached to an aromatic ring is 1. The SMILES string of the molecule is COc1cc(N)ccc1NC(=O)COc1cncc(Cl)c1. The molecule has 2 aromatic rings. The molecule has 0 fully saturated rings. The van der Waals surface area contributed by atoms with Crippen molar-refractivity contribution in [1.82, 2.24) is 4.98 Å². The van der Waals surface area contributed by atoms with Gasteiger partial charge in [-0.15, -0.1) is 0 Å². The third-order valence-electron chi connectivity index (χ3n) is 2.55. The third kappa shape index (κ3) is 4.25. The number of rotatable bonds is 5. The van der Waals surface area contributed by atoms with Crippen LogP contribution < -0.4 is 20.5 Å². The van der Waals surface area contributed by atoms with Crippen LogP contribution >= 0.6 is 11.6 Å². The summed E-state index contributed by atoms with van der Waals surface area (Å²) in [5.41, 5.74) is 6.71. The van der Waals surface area contributed by atoms with E-state index in [9.17, 15) is 4.79 Å². The summed E-state index contributed by atoms with van der Waals surface area (Å²) in [5, 5.41) is 3.11. The molecule has 7 heteroatoms. The number of nitrogens with two attached hydrogens (primary N) is 1. The van der Waals surface area contributed by atoms with Gasteiger partial charge in [-0.05, 0) is 12.1 Å². The molecule has 0 aliphatic rings. The van der Waals surface area contributed by atoms with Crippen LogP contribution in [-0.4, -0.2) is 24.6 Å². The van der Waals surface area contributed by atoms with E-state index >= 15 is 0 Å². The van der Waals surface area contributed by atoms with E-state index < -0.39 is 0 Å². The molecule has 0 bridgehead atoms. The zero-order valence-corrected chi connectivity index (χ0v) is 12.1. The maximum atomic E-state index is 11.8. The molecule has 0 unspecified atom stereocenters. The summed E-state index contributed by atoms with van der Waals surface area (Å²) < 4.78 is 10.4. The molecule has 21 heavy (non-hydrogen) atoms. The van der Waals surface area contributed by atoms with Crippen molar-refractivity contribution >= 4 is 28.9 Å². The number of aromatic nitrogens is 1. The fraction of sp³-hybridized carbons (Fsp3) is 0.143. The lowest BCUT2D eigenvalue weighted by molar-refractivity contribution is -0.118. The normalized spacial score (nSPS) is 10.0. The summed E-state index contributed by atoms with van der Waals surface area (Å²) in [6.45, 7) is -0.171. The Morgan fingerprint density at radius 3 is 2.90 bits per heavy atom. The van der Waals surface area contributed by atoms with Gasteiger partial charge in [-0.25, -0.2) is 0 Å². The Morgan fingerprint density at radius 1 is 1.38 bits per heavy atom. The Kier molecular flexibility index (Phi) is 4.84. The van der Waals surface area contributed by atoms with Crippen molar-refractivity contribution < 1.29 is 14.3 Å². The lowest BCUT2D eigenvalue weighted by Gasteiger charge is -2.11. The van der Waals surface area contributed by atoms with Crippen LogP contribution in [-0.2, 0) is 4.79 Å². The molecule has 0 atom stereocenters. The Labute approximate surface area is 126 Å². The number of nitrogens with zero attached hydrogens (tertiary/aromatic N) is 1. The average Bonchev–Trinajstić information content (AvgIpc) is 2.47. The molecule has 1 heterocycles. The number of hydrogen-bond acceptors (Lipinski definition) is 5. The fourth-order valence-electron chi connectivity index (χ4n) is 1.62. The Balaban J connectivity index is 1.96. The number of hydrogen-bond donors (Lipinski definition) is 2. The molecule has 6 nitrogen and oxygen atoms in total. The highest BCUT2D eigenvalue weighted by Gasteiger charge is 2.09. The number of nitrogens with one attached hydrogen (secondary N) is 1. The van der Waals surface area contributed by atoms with E-state index in [1.807, 2.05) is 0 Å². The number of amides is 1. The molecule has 1 amide bonds. The lowest BCUT2D eigenvalue weighted by atomic mass is 10.2. The second kappa shape index (κ2) is 6.81. The topological polar surface area (TPSA) is 86.5 Å². The van der Waals surface area contributed by atoms with Crippen molar-refractivity contribution in [1.29, 1.82) is 0 Å². The third-order valence-corrected chi connectivity index (χ3v) is 2.76. The first-order valence-electron chi connectivity index (χ1n) is 6.05. The predicted octanol–water partition coefficient (Wildman–Crippen LogP) is 2.34. The van der Waals surface area contributed by atoms with E-state index in [0.29, 0.717) is 27.9 Å². The van der Waals surface area contributed by atoms with Crippen LogP contribution in [0.1, 0.15) is 0 Å². The van der Waals surface area contributed by atoms with Gasteiger partial charge in [0.25, 0.3) is 5.91 Å². The molecule has 1 aromatic heterocycles. The molecule has 0 saturated heterocycles. The van der Waals surface area contributed by atoms with Crippen LogP contribution in [0.15, 0.2) is 36.7 Å². The van der Waals surface area contributed by atoms with E-state index in [2.05, 4.69) is 10.3 Å². The highest BCUT2D eigenvalue weighted by atomic mass is 35.5. The highest BCUT2D eigenvalue weighted by Crippen LogP contribution is 2.26. The molecular weight excluding hydrogens is 294 g/mol. The van der Waals surface area contributed by atoms with Crippen molar-refractivity contribution in [3.8, 4) is 11.5 Å². The quantitative estimate of drug-likeness (QED) is 0.828. The molecule has 0 saturated carbocycles. The Bertz CT molecular complexity index is 649. The number of methoxy groups -OCH3 is 1. The summed E-state index contributed by atoms with van der Waals surface area (Å²) in [6, 6.07) is 6.52. The number of anilines is 2. The van der Waals surface area contributed by atoms with Crippen LogP contribution in [0.4, 0.5) is 11.4 Å². The maximum Gasteiger partial charge on any atom is 0.262 e. The molecule has 3 N–H and O–H groups in total. The monoisotopic (exact) mass is 307 g/mol. The van der Waals surface area contributed by atoms with Crippen LogP contribution in [0.5, 0.6) is 11.5 Å². The summed E-state index contributed by atoms with van der Waals surface area (Å²) in [4.78, 5) is 15.7. The van der Waals surface area contributed by atoms with Crippen LogP contribution in [0.3, 0.4) is 0 Å². The lowest BCUT2D eigenvalue weighted by Crippen LogP contribution is -2.20. The first kappa shape index (κ1) is 14.9. The van der Waals surface area contributed by atoms with Crippen LogP contribution in [0.25, 0.3) is 0 Å². The van der Waals surface area contributed by atoms with Gasteiger partial charge in [0.05, 0.1) is 24.0 Å². The number of ether oxygens (including phenoxy) is 2. The molecule has 0 spiro atoms. The van der Waals surface area contributed by atoms with Gasteiger partial charge < -0.3 is 20.5 Å². The van der Waals surface area contributed by atoms with Gasteiger partial charge in [0.2, 0.25) is 0 Å². The Hall–Kier alpha value is -2.47. The maximum absolute atomic E-state index is 11.8. The zero-order valence-electron chi connectivity index (χ0n) is 11.3. The number of halogens is 1. The van der Waals surface area contributed by atoms with Crippen molar-refractivity contribution in [2.24, 2.45) is 0 Å². The largest absolute Gasteiger partial charge is 0.494 e. The van der Waals surface area contributed by atoms with Crippen molar-refractivity contribution in [2.75, 3.05) is 24.8 Å². The van der Waals surface area contributed by atoms with Gasteiger partial charge in [0, 0.05) is 24.0 Å². The van der Waals surface area contributed by atoms with E-state index in [1.54, 1.807) is 24.3 Å². The molecule has 110 valence electrons. The number of pyridine rings is 1. The fourth-order valence-corrected chi connectivity index (χ4v) is 1.78. The molecule has 0 aliphatic heterocycles. The summed E-state index contributed by atoms with van der Waals surface area (Å²) in [7, 11) is 1.50. The number of benzene rings is 1. The van der Waals surface area contributed by atoms with Crippen LogP contribution in [0.2, 0.25) is 5.02 Å². The first-order valence-corrected chi connectivity index (χ1v) is 6.43. The summed E-state index contributed by atoms with van der Waals surface area (Å²) in [5.74, 6) is 0.563. The van der Waals surface area contributed by atoms with E-state index in [-0.39, 0.29) is 12.5 Å². The van der Waals surface area contributed by atoms with Gasteiger partial charge >= 0.3 is 0 Å². The second-order valence-electron chi connectivity index (χ2n) is 4.14. The van der Waals surface area contributed by atoms with Gasteiger partial charge in [-0.1, -0.05) is 11.6 Å². The van der Waals surface area contributed by atoms with Gasteiger partial charge in [-0.3, -0.25) is 9.78 Å². The Morgan fingerprint density at radius 2 is 2.19 bits per heavy atom. The predicted molar refractivity (Wildman–Crippen MR) is 80.8 cm³/mol. The minimum absolute atomic E-state index is 0.171. The standard InChI is InChI=1S/C14H14ClN3O3/c1-20-13-5-10(16)2-3-12(13)18-14(19)8-21-11-4-9(15)6-17-7-11/h2-7H,8,16H2,1H3,(H,18,19). The molecule has 2 rings (SSSR count). The van der Waals surface area contributed by atoms with Crippen molar-refractivity contribution in [3.05, 3.63) is 41.7 Å². The number of carbonyl (C=O) groups is 1. The highest BCUT2D eigenvalue weighted by molar-refractivity contribution is 6.30. The number of carbonyl (C=O) groups excluding carboxylic acids is 1. The van der Waals surface area contributed by atoms with Crippen molar-refractivity contribution in [2.45, 2.75) is 0 Å².